The van der Waals surface area contributed by atoms with E-state index < -0.39 is 0 Å². The predicted molar refractivity (Wildman–Crippen MR) is 116 cm³/mol. The highest BCUT2D eigenvalue weighted by atomic mass is 16.2. The lowest BCUT2D eigenvalue weighted by atomic mass is 10.1. The summed E-state index contributed by atoms with van der Waals surface area (Å²) in [6.45, 7) is 6.56. The maximum atomic E-state index is 13.1. The van der Waals surface area contributed by atoms with Crippen LogP contribution in [0.2, 0.25) is 0 Å². The second kappa shape index (κ2) is 8.27. The number of carbonyl (C=O) groups excluding carboxylic acids is 2. The number of nitrogens with zero attached hydrogens (tertiary/aromatic N) is 3. The van der Waals surface area contributed by atoms with Crippen LogP contribution in [0.3, 0.4) is 0 Å². The van der Waals surface area contributed by atoms with E-state index in [1.807, 2.05) is 23.1 Å². The molecular formula is C24H29N3O2. The SMILES string of the molecule is Cc1cccc(N2CCN(C(=O)CN3C(=O)CCCc4ccccc43)C[C@@H]2C)c1. The Labute approximate surface area is 172 Å². The summed E-state index contributed by atoms with van der Waals surface area (Å²) in [5.74, 6) is 0.0838. The molecule has 152 valence electrons. The summed E-state index contributed by atoms with van der Waals surface area (Å²) in [5.41, 5.74) is 4.51. The molecule has 2 aliphatic rings. The van der Waals surface area contributed by atoms with Crippen molar-refractivity contribution in [1.29, 1.82) is 0 Å². The van der Waals surface area contributed by atoms with Crippen LogP contribution >= 0.6 is 0 Å². The number of aryl methyl sites for hydroxylation is 2. The van der Waals surface area contributed by atoms with Gasteiger partial charge in [-0.25, -0.2) is 0 Å². The smallest absolute Gasteiger partial charge is 0.242 e. The van der Waals surface area contributed by atoms with Gasteiger partial charge in [-0.05, 0) is 56.0 Å². The van der Waals surface area contributed by atoms with E-state index in [1.165, 1.54) is 11.3 Å². The number of fused-ring (bicyclic) bond motifs is 1. The van der Waals surface area contributed by atoms with Gasteiger partial charge >= 0.3 is 0 Å². The second-order valence-corrected chi connectivity index (χ2v) is 8.18. The minimum atomic E-state index is 0.0331. The van der Waals surface area contributed by atoms with Crippen molar-refractivity contribution in [3.8, 4) is 0 Å². The fraction of sp³-hybridized carbons (Fsp3) is 0.417. The molecule has 0 spiro atoms. The summed E-state index contributed by atoms with van der Waals surface area (Å²) >= 11 is 0. The molecule has 2 amide bonds. The minimum absolute atomic E-state index is 0.0331. The number of hydrogen-bond acceptors (Lipinski definition) is 3. The molecule has 4 rings (SSSR count). The van der Waals surface area contributed by atoms with Crippen molar-refractivity contribution in [1.82, 2.24) is 4.90 Å². The van der Waals surface area contributed by atoms with E-state index in [2.05, 4.69) is 49.1 Å². The lowest BCUT2D eigenvalue weighted by Gasteiger charge is -2.42. The van der Waals surface area contributed by atoms with Crippen molar-refractivity contribution in [2.24, 2.45) is 0 Å². The van der Waals surface area contributed by atoms with Gasteiger partial charge in [-0.2, -0.15) is 0 Å². The number of rotatable bonds is 3. The van der Waals surface area contributed by atoms with E-state index in [-0.39, 0.29) is 24.4 Å². The first-order chi connectivity index (χ1) is 14.0. The van der Waals surface area contributed by atoms with Crippen molar-refractivity contribution in [2.75, 3.05) is 36.0 Å². The summed E-state index contributed by atoms with van der Waals surface area (Å²) in [5, 5.41) is 0. The minimum Gasteiger partial charge on any atom is -0.365 e. The van der Waals surface area contributed by atoms with E-state index >= 15 is 0 Å². The fourth-order valence-electron chi connectivity index (χ4n) is 4.47. The molecule has 5 nitrogen and oxygen atoms in total. The van der Waals surface area contributed by atoms with E-state index in [0.717, 1.165) is 30.6 Å². The third-order valence-electron chi connectivity index (χ3n) is 6.03. The van der Waals surface area contributed by atoms with E-state index in [0.29, 0.717) is 19.5 Å². The first-order valence-corrected chi connectivity index (χ1v) is 10.5. The third-order valence-corrected chi connectivity index (χ3v) is 6.03. The second-order valence-electron chi connectivity index (χ2n) is 8.18. The Morgan fingerprint density at radius 2 is 1.90 bits per heavy atom. The maximum Gasteiger partial charge on any atom is 0.242 e. The van der Waals surface area contributed by atoms with Gasteiger partial charge in [-0.1, -0.05) is 30.3 Å². The molecule has 1 saturated heterocycles. The summed E-state index contributed by atoms with van der Waals surface area (Å²) in [6.07, 6.45) is 2.23. The molecule has 0 aliphatic carbocycles. The van der Waals surface area contributed by atoms with E-state index in [1.54, 1.807) is 4.90 Å². The van der Waals surface area contributed by atoms with Crippen molar-refractivity contribution in [3.63, 3.8) is 0 Å². The summed E-state index contributed by atoms with van der Waals surface area (Å²) in [7, 11) is 0. The van der Waals surface area contributed by atoms with Crippen LogP contribution in [-0.4, -0.2) is 48.9 Å². The molecule has 1 atom stereocenters. The normalized spacial score (nSPS) is 19.7. The van der Waals surface area contributed by atoms with Crippen LogP contribution in [0.15, 0.2) is 48.5 Å². The van der Waals surface area contributed by atoms with Gasteiger partial charge in [0.05, 0.1) is 0 Å². The first kappa shape index (κ1) is 19.5. The predicted octanol–water partition coefficient (Wildman–Crippen LogP) is 3.40. The molecular weight excluding hydrogens is 362 g/mol. The van der Waals surface area contributed by atoms with Gasteiger partial charge in [0.1, 0.15) is 6.54 Å². The van der Waals surface area contributed by atoms with Crippen LogP contribution in [0.25, 0.3) is 0 Å². The monoisotopic (exact) mass is 391 g/mol. The molecule has 5 heteroatoms. The van der Waals surface area contributed by atoms with Crippen LogP contribution in [0.4, 0.5) is 11.4 Å². The average Bonchev–Trinajstić information content (AvgIpc) is 2.87. The lowest BCUT2D eigenvalue weighted by molar-refractivity contribution is -0.132. The third kappa shape index (κ3) is 4.14. The van der Waals surface area contributed by atoms with Gasteiger partial charge in [-0.15, -0.1) is 0 Å². The molecule has 2 aliphatic heterocycles. The number of carbonyl (C=O) groups is 2. The van der Waals surface area contributed by atoms with Crippen molar-refractivity contribution < 1.29 is 9.59 Å². The zero-order chi connectivity index (χ0) is 20.4. The lowest BCUT2D eigenvalue weighted by Crippen LogP contribution is -2.55. The van der Waals surface area contributed by atoms with E-state index in [9.17, 15) is 9.59 Å². The Bertz CT molecular complexity index is 911. The average molecular weight is 392 g/mol. The molecule has 0 radical (unpaired) electrons. The summed E-state index contributed by atoms with van der Waals surface area (Å²) < 4.78 is 0. The van der Waals surface area contributed by atoms with Gasteiger partial charge in [0.25, 0.3) is 0 Å². The van der Waals surface area contributed by atoms with Crippen LogP contribution in [-0.2, 0) is 16.0 Å². The highest BCUT2D eigenvalue weighted by Crippen LogP contribution is 2.27. The Morgan fingerprint density at radius 3 is 2.69 bits per heavy atom. The topological polar surface area (TPSA) is 43.9 Å². The van der Waals surface area contributed by atoms with Crippen LogP contribution in [0.1, 0.15) is 30.9 Å². The van der Waals surface area contributed by atoms with Crippen molar-refractivity contribution in [2.45, 2.75) is 39.2 Å². The number of para-hydroxylation sites is 1. The number of piperazine rings is 1. The molecule has 2 aromatic carbocycles. The zero-order valence-electron chi connectivity index (χ0n) is 17.3. The molecule has 0 saturated carbocycles. The van der Waals surface area contributed by atoms with Gasteiger partial charge in [0, 0.05) is 43.5 Å². The Morgan fingerprint density at radius 1 is 1.07 bits per heavy atom. The van der Waals surface area contributed by atoms with Crippen LogP contribution in [0.5, 0.6) is 0 Å². The van der Waals surface area contributed by atoms with Gasteiger partial charge in [0.15, 0.2) is 0 Å². The Kier molecular flexibility index (Phi) is 5.56. The zero-order valence-corrected chi connectivity index (χ0v) is 17.3. The van der Waals surface area contributed by atoms with Gasteiger partial charge in [-0.3, -0.25) is 9.59 Å². The highest BCUT2D eigenvalue weighted by Gasteiger charge is 2.30. The molecule has 0 unspecified atom stereocenters. The first-order valence-electron chi connectivity index (χ1n) is 10.5. The molecule has 2 heterocycles. The summed E-state index contributed by atoms with van der Waals surface area (Å²) in [6, 6.07) is 16.7. The van der Waals surface area contributed by atoms with Crippen molar-refractivity contribution in [3.05, 3.63) is 59.7 Å². The molecule has 2 aromatic rings. The van der Waals surface area contributed by atoms with Crippen LogP contribution in [0, 0.1) is 6.92 Å². The number of amides is 2. The van der Waals surface area contributed by atoms with Crippen LogP contribution < -0.4 is 9.80 Å². The number of anilines is 2. The van der Waals surface area contributed by atoms with Crippen molar-refractivity contribution >= 4 is 23.2 Å². The Hall–Kier alpha value is -2.82. The molecule has 0 N–H and O–H groups in total. The van der Waals surface area contributed by atoms with Gasteiger partial charge < -0.3 is 14.7 Å². The summed E-state index contributed by atoms with van der Waals surface area (Å²) in [4.78, 5) is 31.7. The molecule has 29 heavy (non-hydrogen) atoms. The molecule has 0 bridgehead atoms. The number of hydrogen-bond donors (Lipinski definition) is 0. The molecule has 0 aromatic heterocycles. The Balaban J connectivity index is 1.45. The quantitative estimate of drug-likeness (QED) is 0.805. The fourth-order valence-corrected chi connectivity index (χ4v) is 4.47. The highest BCUT2D eigenvalue weighted by molar-refractivity contribution is 5.99. The number of benzene rings is 2. The molecule has 1 fully saturated rings. The maximum absolute atomic E-state index is 13.1. The van der Waals surface area contributed by atoms with E-state index in [4.69, 9.17) is 0 Å². The largest absolute Gasteiger partial charge is 0.365 e. The van der Waals surface area contributed by atoms with Gasteiger partial charge in [0.2, 0.25) is 11.8 Å². The standard InChI is InChI=1S/C24H29N3O2/c1-18-7-5-10-21(15-18)26-14-13-25(16-19(26)2)24(29)17-27-22-11-4-3-8-20(22)9-6-12-23(27)28/h3-5,7-8,10-11,15,19H,6,9,12-14,16-17H2,1-2H3/t19-/m0/s1.